The number of unbranched alkanes of at least 4 members (excludes halogenated alkanes) is 1. The van der Waals surface area contributed by atoms with Gasteiger partial charge in [-0.05, 0) is 18.9 Å². The zero-order chi connectivity index (χ0) is 15.4. The summed E-state index contributed by atoms with van der Waals surface area (Å²) in [6, 6.07) is 9.99. The maximum absolute atomic E-state index is 11.7. The minimum Gasteiger partial charge on any atom is -0.359 e. The van der Waals surface area contributed by atoms with Gasteiger partial charge in [0.1, 0.15) is 5.78 Å². The lowest BCUT2D eigenvalue weighted by molar-refractivity contribution is -0.122. The summed E-state index contributed by atoms with van der Waals surface area (Å²) in [6.45, 7) is 5.58. The van der Waals surface area contributed by atoms with Crippen molar-refractivity contribution in [2.24, 2.45) is 0 Å². The highest BCUT2D eigenvalue weighted by atomic mass is 16.1. The fourth-order valence-corrected chi connectivity index (χ4v) is 1.72. The molecule has 1 unspecified atom stereocenters. The van der Waals surface area contributed by atoms with E-state index in [-0.39, 0.29) is 17.6 Å². The minimum atomic E-state index is 0.0103. The number of rotatable bonds is 6. The molecule has 1 atom stereocenters. The summed E-state index contributed by atoms with van der Waals surface area (Å²) in [5.74, 6) is 0.385. The van der Waals surface area contributed by atoms with Gasteiger partial charge in [-0.2, -0.15) is 0 Å². The van der Waals surface area contributed by atoms with Gasteiger partial charge in [-0.3, -0.25) is 4.79 Å². The Morgan fingerprint density at radius 3 is 2.10 bits per heavy atom. The fourth-order valence-electron chi connectivity index (χ4n) is 1.72. The summed E-state index contributed by atoms with van der Waals surface area (Å²) in [7, 11) is 1.70. The normalized spacial score (nSPS) is 11.0. The van der Waals surface area contributed by atoms with Gasteiger partial charge in [0.05, 0.1) is 5.92 Å². The smallest absolute Gasteiger partial charge is 0.227 e. The highest BCUT2D eigenvalue weighted by Gasteiger charge is 2.17. The Bertz CT molecular complexity index is 387. The van der Waals surface area contributed by atoms with E-state index >= 15 is 0 Å². The molecule has 0 heterocycles. The van der Waals surface area contributed by atoms with E-state index in [0.29, 0.717) is 6.42 Å². The van der Waals surface area contributed by atoms with Gasteiger partial charge in [-0.15, -0.1) is 0 Å². The third kappa shape index (κ3) is 7.72. The first-order valence-electron chi connectivity index (χ1n) is 7.32. The van der Waals surface area contributed by atoms with Gasteiger partial charge in [0.25, 0.3) is 0 Å². The van der Waals surface area contributed by atoms with Crippen molar-refractivity contribution in [2.45, 2.75) is 52.4 Å². The van der Waals surface area contributed by atoms with Crippen molar-refractivity contribution < 1.29 is 9.59 Å². The van der Waals surface area contributed by atoms with E-state index in [0.717, 1.165) is 24.8 Å². The van der Waals surface area contributed by atoms with E-state index in [9.17, 15) is 9.59 Å². The maximum atomic E-state index is 11.7. The number of amides is 1. The van der Waals surface area contributed by atoms with Crippen LogP contribution in [-0.4, -0.2) is 18.7 Å². The second kappa shape index (κ2) is 11.2. The second-order valence-corrected chi connectivity index (χ2v) is 4.78. The molecule has 0 aliphatic heterocycles. The van der Waals surface area contributed by atoms with E-state index in [2.05, 4.69) is 12.2 Å². The molecular formula is C17H27NO2. The summed E-state index contributed by atoms with van der Waals surface area (Å²) in [4.78, 5) is 21.5. The standard InChI is InChI=1S/C13H19NO.C4H8O/c1-3-4-10-12(13(15)14-2)11-8-6-5-7-9-11;1-3-4(2)5/h5-9,12H,3-4,10H2,1-2H3,(H,14,15);3H2,1-2H3. The van der Waals surface area contributed by atoms with Gasteiger partial charge in [0, 0.05) is 13.5 Å². The molecule has 0 fully saturated rings. The molecule has 0 aromatic heterocycles. The molecular weight excluding hydrogens is 250 g/mol. The van der Waals surface area contributed by atoms with Crippen LogP contribution in [0.5, 0.6) is 0 Å². The summed E-state index contributed by atoms with van der Waals surface area (Å²) in [5, 5.41) is 2.73. The van der Waals surface area contributed by atoms with Crippen LogP contribution in [-0.2, 0) is 9.59 Å². The Hall–Kier alpha value is -1.64. The predicted molar refractivity (Wildman–Crippen MR) is 83.7 cm³/mol. The van der Waals surface area contributed by atoms with Gasteiger partial charge in [0.2, 0.25) is 5.91 Å². The highest BCUT2D eigenvalue weighted by Crippen LogP contribution is 2.21. The molecule has 1 rings (SSSR count). The lowest BCUT2D eigenvalue weighted by Gasteiger charge is -2.15. The van der Waals surface area contributed by atoms with Crippen LogP contribution < -0.4 is 5.32 Å². The molecule has 20 heavy (non-hydrogen) atoms. The molecule has 1 aromatic carbocycles. The molecule has 1 N–H and O–H groups in total. The molecule has 0 radical (unpaired) electrons. The van der Waals surface area contributed by atoms with Crippen LogP contribution in [0.25, 0.3) is 0 Å². The Labute approximate surface area is 122 Å². The van der Waals surface area contributed by atoms with Crippen LogP contribution in [0.3, 0.4) is 0 Å². The summed E-state index contributed by atoms with van der Waals surface area (Å²) >= 11 is 0. The molecule has 0 spiro atoms. The monoisotopic (exact) mass is 277 g/mol. The first-order chi connectivity index (χ1) is 9.56. The first-order valence-corrected chi connectivity index (χ1v) is 7.32. The van der Waals surface area contributed by atoms with Gasteiger partial charge in [-0.1, -0.05) is 57.0 Å². The van der Waals surface area contributed by atoms with Crippen molar-refractivity contribution in [1.29, 1.82) is 0 Å². The number of hydrogen-bond donors (Lipinski definition) is 1. The van der Waals surface area contributed by atoms with Crippen LogP contribution in [0.4, 0.5) is 0 Å². The van der Waals surface area contributed by atoms with Crippen LogP contribution in [0.1, 0.15) is 57.9 Å². The van der Waals surface area contributed by atoms with Gasteiger partial charge >= 0.3 is 0 Å². The van der Waals surface area contributed by atoms with Crippen molar-refractivity contribution in [3.63, 3.8) is 0 Å². The maximum Gasteiger partial charge on any atom is 0.227 e. The first kappa shape index (κ1) is 18.4. The number of likely N-dealkylation sites (N-methyl/N-ethyl adjacent to an activating group) is 1. The molecule has 3 heteroatoms. The molecule has 0 aliphatic carbocycles. The zero-order valence-electron chi connectivity index (χ0n) is 13.1. The quantitative estimate of drug-likeness (QED) is 0.862. The number of ketones is 1. The molecule has 1 aromatic rings. The lowest BCUT2D eigenvalue weighted by Crippen LogP contribution is -2.25. The van der Waals surface area contributed by atoms with E-state index < -0.39 is 0 Å². The minimum absolute atomic E-state index is 0.0103. The van der Waals surface area contributed by atoms with E-state index in [1.807, 2.05) is 37.3 Å². The van der Waals surface area contributed by atoms with Crippen molar-refractivity contribution in [2.75, 3.05) is 7.05 Å². The van der Waals surface area contributed by atoms with Crippen molar-refractivity contribution in [3.8, 4) is 0 Å². The number of carbonyl (C=O) groups excluding carboxylic acids is 2. The van der Waals surface area contributed by atoms with Gasteiger partial charge in [-0.25, -0.2) is 0 Å². The molecule has 0 saturated carbocycles. The second-order valence-electron chi connectivity index (χ2n) is 4.78. The molecule has 0 bridgehead atoms. The van der Waals surface area contributed by atoms with E-state index in [4.69, 9.17) is 0 Å². The Morgan fingerprint density at radius 1 is 1.15 bits per heavy atom. The van der Waals surface area contributed by atoms with Crippen LogP contribution in [0, 0.1) is 0 Å². The van der Waals surface area contributed by atoms with Crippen molar-refractivity contribution in [3.05, 3.63) is 35.9 Å². The Balaban J connectivity index is 0.000000621. The number of benzene rings is 1. The summed E-state index contributed by atoms with van der Waals surface area (Å²) in [6.07, 6.45) is 3.81. The topological polar surface area (TPSA) is 46.2 Å². The molecule has 112 valence electrons. The van der Waals surface area contributed by atoms with Crippen molar-refractivity contribution in [1.82, 2.24) is 5.32 Å². The van der Waals surface area contributed by atoms with E-state index in [1.165, 1.54) is 0 Å². The number of Topliss-reactive ketones (excluding diaryl/α,β-unsaturated/α-hetero) is 1. The highest BCUT2D eigenvalue weighted by molar-refractivity contribution is 5.83. The molecule has 0 saturated heterocycles. The fraction of sp³-hybridized carbons (Fsp3) is 0.529. The third-order valence-electron chi connectivity index (χ3n) is 3.11. The molecule has 0 aliphatic rings. The average molecular weight is 277 g/mol. The number of hydrogen-bond acceptors (Lipinski definition) is 2. The number of carbonyl (C=O) groups is 2. The Kier molecular flexibility index (Phi) is 10.3. The lowest BCUT2D eigenvalue weighted by atomic mass is 9.93. The number of nitrogens with one attached hydrogen (secondary N) is 1. The van der Waals surface area contributed by atoms with E-state index in [1.54, 1.807) is 14.0 Å². The summed E-state index contributed by atoms with van der Waals surface area (Å²) < 4.78 is 0. The Morgan fingerprint density at radius 2 is 1.70 bits per heavy atom. The average Bonchev–Trinajstić information content (AvgIpc) is 2.49. The largest absolute Gasteiger partial charge is 0.359 e. The summed E-state index contributed by atoms with van der Waals surface area (Å²) in [5.41, 5.74) is 1.12. The van der Waals surface area contributed by atoms with Gasteiger partial charge < -0.3 is 10.1 Å². The van der Waals surface area contributed by atoms with Gasteiger partial charge in [0.15, 0.2) is 0 Å². The van der Waals surface area contributed by atoms with Crippen LogP contribution >= 0.6 is 0 Å². The van der Waals surface area contributed by atoms with Crippen LogP contribution in [0.15, 0.2) is 30.3 Å². The molecule has 1 amide bonds. The van der Waals surface area contributed by atoms with Crippen molar-refractivity contribution >= 4 is 11.7 Å². The predicted octanol–water partition coefficient (Wildman–Crippen LogP) is 3.69. The SMILES string of the molecule is CCC(C)=O.CCCCC(C(=O)NC)c1ccccc1. The van der Waals surface area contributed by atoms with Crippen LogP contribution in [0.2, 0.25) is 0 Å². The molecule has 3 nitrogen and oxygen atoms in total. The zero-order valence-corrected chi connectivity index (χ0v) is 13.1. The third-order valence-corrected chi connectivity index (χ3v) is 3.11.